The highest BCUT2D eigenvalue weighted by atomic mass is 19.1. The fourth-order valence-electron chi connectivity index (χ4n) is 4.22. The van der Waals surface area contributed by atoms with Crippen molar-refractivity contribution in [3.05, 3.63) is 59.7 Å². The summed E-state index contributed by atoms with van der Waals surface area (Å²) in [5, 5.41) is 2.63. The third-order valence-electron chi connectivity index (χ3n) is 5.98. The third-order valence-corrected chi connectivity index (χ3v) is 5.98. The van der Waals surface area contributed by atoms with Gasteiger partial charge in [0.15, 0.2) is 0 Å². The van der Waals surface area contributed by atoms with Crippen molar-refractivity contribution in [3.63, 3.8) is 0 Å². The molecule has 1 saturated heterocycles. The van der Waals surface area contributed by atoms with Gasteiger partial charge >= 0.3 is 6.09 Å². The molecular weight excluding hydrogens is 425 g/mol. The fourth-order valence-corrected chi connectivity index (χ4v) is 4.22. The molecule has 2 aromatic carbocycles. The predicted molar refractivity (Wildman–Crippen MR) is 125 cm³/mol. The number of carbonyl (C=O) groups is 2. The van der Waals surface area contributed by atoms with E-state index in [1.165, 1.54) is 24.1 Å². The molecule has 0 saturated carbocycles. The lowest BCUT2D eigenvalue weighted by Crippen LogP contribution is -2.33. The lowest BCUT2D eigenvalue weighted by atomic mass is 10.0. The number of rotatable bonds is 7. The number of anilines is 2. The second kappa shape index (κ2) is 9.40. The van der Waals surface area contributed by atoms with Gasteiger partial charge in [0.05, 0.1) is 18.8 Å². The molecule has 2 aliphatic heterocycles. The maximum Gasteiger partial charge on any atom is 0.414 e. The Morgan fingerprint density at radius 1 is 1.30 bits per heavy atom. The Bertz CT molecular complexity index is 1100. The van der Waals surface area contributed by atoms with E-state index in [1.54, 1.807) is 12.1 Å². The van der Waals surface area contributed by atoms with E-state index in [-0.39, 0.29) is 19.0 Å². The van der Waals surface area contributed by atoms with Crippen LogP contribution in [0.4, 0.5) is 20.6 Å². The van der Waals surface area contributed by atoms with Gasteiger partial charge in [0, 0.05) is 49.6 Å². The minimum absolute atomic E-state index is 0.200. The Morgan fingerprint density at radius 3 is 2.85 bits per heavy atom. The quantitative estimate of drug-likeness (QED) is 0.594. The molecule has 0 spiro atoms. The number of fused-ring (bicyclic) bond motifs is 1. The van der Waals surface area contributed by atoms with Crippen LogP contribution in [-0.4, -0.2) is 44.3 Å². The monoisotopic (exact) mass is 453 g/mol. The van der Waals surface area contributed by atoms with E-state index in [0.717, 1.165) is 36.3 Å². The minimum atomic E-state index is -0.555. The van der Waals surface area contributed by atoms with E-state index in [9.17, 15) is 9.59 Å². The van der Waals surface area contributed by atoms with Gasteiger partial charge in [-0.1, -0.05) is 6.07 Å². The Balaban J connectivity index is 1.48. The summed E-state index contributed by atoms with van der Waals surface area (Å²) in [6, 6.07) is 10.7. The Morgan fingerprint density at radius 2 is 2.12 bits per heavy atom. The van der Waals surface area contributed by atoms with Crippen molar-refractivity contribution in [3.8, 4) is 11.1 Å². The second-order valence-corrected chi connectivity index (χ2v) is 8.29. The molecule has 1 fully saturated rings. The summed E-state index contributed by atoms with van der Waals surface area (Å²) in [6.45, 7) is 3.53. The molecule has 5 N–H and O–H groups in total. The van der Waals surface area contributed by atoms with E-state index < -0.39 is 18.0 Å². The minimum Gasteiger partial charge on any atom is -0.442 e. The number of carbonyl (C=O) groups excluding carboxylic acids is 2. The van der Waals surface area contributed by atoms with Crippen LogP contribution in [0.3, 0.4) is 0 Å². The molecule has 2 heterocycles. The number of cyclic esters (lactones) is 1. The largest absolute Gasteiger partial charge is 0.442 e. The molecule has 8 nitrogen and oxygen atoms in total. The standard InChI is InChI=1S/C24H28FN5O3/c1-15(31)28-13-20-14-30(24(32)33-20)19-3-4-21(22(25)11-19)16-2-5-23-17(10-16)6-8-29(23)9-7-18(27)12-26/h2-5,10-12,20H,6-9,13-14,26-27H2,1H3,(H,28,31)/b18-12-/t20-/m0/s1. The van der Waals surface area contributed by atoms with Crippen molar-refractivity contribution < 1.29 is 18.7 Å². The number of halogens is 1. The van der Waals surface area contributed by atoms with Crippen LogP contribution in [0.1, 0.15) is 18.9 Å². The normalized spacial score (nSPS) is 17.8. The Labute approximate surface area is 192 Å². The van der Waals surface area contributed by atoms with E-state index in [1.807, 2.05) is 18.2 Å². The predicted octanol–water partition coefficient (Wildman–Crippen LogP) is 2.47. The molecule has 2 amide bonds. The average molecular weight is 454 g/mol. The van der Waals surface area contributed by atoms with Gasteiger partial charge in [0.2, 0.25) is 5.91 Å². The van der Waals surface area contributed by atoms with Crippen molar-refractivity contribution in [2.24, 2.45) is 11.5 Å². The van der Waals surface area contributed by atoms with E-state index in [4.69, 9.17) is 16.2 Å². The van der Waals surface area contributed by atoms with Crippen molar-refractivity contribution >= 4 is 23.4 Å². The molecule has 33 heavy (non-hydrogen) atoms. The molecule has 2 aliphatic rings. The third kappa shape index (κ3) is 4.87. The first-order valence-corrected chi connectivity index (χ1v) is 10.9. The first-order valence-electron chi connectivity index (χ1n) is 10.9. The molecule has 4 rings (SSSR count). The van der Waals surface area contributed by atoms with Gasteiger partial charge in [-0.25, -0.2) is 9.18 Å². The summed E-state index contributed by atoms with van der Waals surface area (Å²) in [6.07, 6.45) is 1.97. The highest BCUT2D eigenvalue weighted by Crippen LogP contribution is 2.35. The van der Waals surface area contributed by atoms with Crippen LogP contribution in [-0.2, 0) is 16.0 Å². The molecule has 0 aliphatic carbocycles. The van der Waals surface area contributed by atoms with Crippen molar-refractivity contribution in [1.29, 1.82) is 0 Å². The van der Waals surface area contributed by atoms with Gasteiger partial charge in [0.1, 0.15) is 11.9 Å². The van der Waals surface area contributed by atoms with Gasteiger partial charge in [-0.05, 0) is 47.9 Å². The molecule has 2 aromatic rings. The van der Waals surface area contributed by atoms with Gasteiger partial charge in [-0.15, -0.1) is 0 Å². The molecule has 0 bridgehead atoms. The number of benzene rings is 2. The van der Waals surface area contributed by atoms with Crippen LogP contribution in [0.25, 0.3) is 11.1 Å². The van der Waals surface area contributed by atoms with Crippen LogP contribution >= 0.6 is 0 Å². The number of nitrogens with zero attached hydrogens (tertiary/aromatic N) is 2. The molecule has 0 radical (unpaired) electrons. The van der Waals surface area contributed by atoms with Crippen LogP contribution in [0.5, 0.6) is 0 Å². The first-order chi connectivity index (χ1) is 15.9. The summed E-state index contributed by atoms with van der Waals surface area (Å²) in [5.41, 5.74) is 15.9. The number of nitrogens with one attached hydrogen (secondary N) is 1. The molecule has 0 unspecified atom stereocenters. The fraction of sp³-hybridized carbons (Fsp3) is 0.333. The van der Waals surface area contributed by atoms with Crippen molar-refractivity contribution in [2.75, 3.05) is 36.0 Å². The summed E-state index contributed by atoms with van der Waals surface area (Å²) in [5.74, 6) is -0.616. The number of amides is 2. The van der Waals surface area contributed by atoms with Crippen molar-refractivity contribution in [2.45, 2.75) is 25.9 Å². The smallest absolute Gasteiger partial charge is 0.414 e. The number of ether oxygens (including phenoxy) is 1. The van der Waals surface area contributed by atoms with Gasteiger partial charge in [-0.2, -0.15) is 0 Å². The molecule has 0 aromatic heterocycles. The van der Waals surface area contributed by atoms with Crippen LogP contribution in [0.2, 0.25) is 0 Å². The highest BCUT2D eigenvalue weighted by molar-refractivity contribution is 5.90. The summed E-state index contributed by atoms with van der Waals surface area (Å²) < 4.78 is 20.3. The van der Waals surface area contributed by atoms with Crippen LogP contribution in [0.15, 0.2) is 48.3 Å². The van der Waals surface area contributed by atoms with Gasteiger partial charge < -0.3 is 26.4 Å². The van der Waals surface area contributed by atoms with Crippen molar-refractivity contribution in [1.82, 2.24) is 5.32 Å². The van der Waals surface area contributed by atoms with Crippen LogP contribution in [0, 0.1) is 5.82 Å². The summed E-state index contributed by atoms with van der Waals surface area (Å²) in [4.78, 5) is 26.9. The maximum atomic E-state index is 15.1. The zero-order chi connectivity index (χ0) is 23.5. The second-order valence-electron chi connectivity index (χ2n) is 8.29. The zero-order valence-corrected chi connectivity index (χ0v) is 18.5. The lowest BCUT2D eigenvalue weighted by molar-refractivity contribution is -0.119. The highest BCUT2D eigenvalue weighted by Gasteiger charge is 2.32. The Kier molecular flexibility index (Phi) is 6.39. The van der Waals surface area contributed by atoms with Gasteiger partial charge in [-0.3, -0.25) is 9.69 Å². The number of hydrogen-bond acceptors (Lipinski definition) is 6. The molecule has 9 heteroatoms. The molecule has 1 atom stereocenters. The summed E-state index contributed by atoms with van der Waals surface area (Å²) >= 11 is 0. The summed E-state index contributed by atoms with van der Waals surface area (Å²) in [7, 11) is 0. The van der Waals surface area contributed by atoms with Gasteiger partial charge in [0.25, 0.3) is 0 Å². The maximum absolute atomic E-state index is 15.1. The topological polar surface area (TPSA) is 114 Å². The lowest BCUT2D eigenvalue weighted by Gasteiger charge is -2.19. The molecule has 174 valence electrons. The zero-order valence-electron chi connectivity index (χ0n) is 18.5. The number of hydrogen-bond donors (Lipinski definition) is 3. The Hall–Kier alpha value is -3.75. The average Bonchev–Trinajstić information content (AvgIpc) is 3.38. The van der Waals surface area contributed by atoms with E-state index in [0.29, 0.717) is 23.4 Å². The number of nitrogens with two attached hydrogens (primary N) is 2. The van der Waals surface area contributed by atoms with E-state index in [2.05, 4.69) is 10.2 Å². The van der Waals surface area contributed by atoms with Crippen LogP contribution < -0.4 is 26.6 Å². The van der Waals surface area contributed by atoms with E-state index >= 15 is 4.39 Å². The first kappa shape index (κ1) is 22.4. The molecular formula is C24H28FN5O3. The SMILES string of the molecule is CC(=O)NC[C@H]1CN(c2ccc(-c3ccc4c(c3)CCN4CC/C(N)=C/N)c(F)c2)C(=O)O1.